The molecule has 0 spiro atoms. The van der Waals surface area contributed by atoms with Gasteiger partial charge in [-0.1, -0.05) is 42.5 Å². The van der Waals surface area contributed by atoms with Crippen LogP contribution in [0.1, 0.15) is 17.5 Å². The summed E-state index contributed by atoms with van der Waals surface area (Å²) < 4.78 is 5.70. The fourth-order valence-corrected chi connectivity index (χ4v) is 4.35. The normalized spacial score (nSPS) is 17.1. The number of carbonyl (C=O) groups excluding carboxylic acids is 1. The van der Waals surface area contributed by atoms with E-state index >= 15 is 0 Å². The summed E-state index contributed by atoms with van der Waals surface area (Å²) in [7, 11) is 2.09. The minimum atomic E-state index is -0.251. The van der Waals surface area contributed by atoms with Crippen LogP contribution in [0.25, 0.3) is 27.6 Å². The van der Waals surface area contributed by atoms with E-state index < -0.39 is 0 Å². The lowest BCUT2D eigenvalue weighted by Crippen LogP contribution is -2.36. The van der Waals surface area contributed by atoms with Gasteiger partial charge in [0.15, 0.2) is 0 Å². The number of benzene rings is 3. The highest BCUT2D eigenvalue weighted by Gasteiger charge is 2.19. The van der Waals surface area contributed by atoms with E-state index in [1.807, 2.05) is 17.0 Å². The number of allylic oxidation sites excluding steroid dienone is 1. The zero-order chi connectivity index (χ0) is 19.1. The predicted octanol–water partition coefficient (Wildman–Crippen LogP) is 4.70. The van der Waals surface area contributed by atoms with Crippen molar-refractivity contribution in [3.63, 3.8) is 0 Å². The maximum absolute atomic E-state index is 12.6. The summed E-state index contributed by atoms with van der Waals surface area (Å²) in [5.74, 6) is 0.609. The number of fused-ring (bicyclic) bond motifs is 5. The van der Waals surface area contributed by atoms with Crippen LogP contribution in [-0.4, -0.2) is 49.1 Å². The summed E-state index contributed by atoms with van der Waals surface area (Å²) in [6.07, 6.45) is 6.15. The van der Waals surface area contributed by atoms with Crippen molar-refractivity contribution in [1.82, 2.24) is 9.80 Å². The molecule has 0 bridgehead atoms. The largest absolute Gasteiger partial charge is 0.415 e. The van der Waals surface area contributed by atoms with Gasteiger partial charge in [0.25, 0.3) is 0 Å². The van der Waals surface area contributed by atoms with E-state index in [0.29, 0.717) is 12.3 Å². The van der Waals surface area contributed by atoms with Crippen molar-refractivity contribution in [2.45, 2.75) is 12.8 Å². The Morgan fingerprint density at radius 2 is 1.79 bits per heavy atom. The van der Waals surface area contributed by atoms with Crippen LogP contribution in [-0.2, 0) is 6.42 Å². The number of rotatable bonds is 1. The van der Waals surface area contributed by atoms with Crippen LogP contribution >= 0.6 is 0 Å². The van der Waals surface area contributed by atoms with E-state index in [-0.39, 0.29) is 6.09 Å². The summed E-state index contributed by atoms with van der Waals surface area (Å²) in [6, 6.07) is 14.7. The van der Waals surface area contributed by atoms with E-state index in [0.717, 1.165) is 37.9 Å². The molecule has 1 amide bonds. The van der Waals surface area contributed by atoms with Gasteiger partial charge in [0.05, 0.1) is 0 Å². The van der Waals surface area contributed by atoms with Gasteiger partial charge in [0, 0.05) is 19.6 Å². The van der Waals surface area contributed by atoms with Crippen molar-refractivity contribution in [3.05, 3.63) is 59.7 Å². The van der Waals surface area contributed by atoms with Crippen molar-refractivity contribution < 1.29 is 9.53 Å². The van der Waals surface area contributed by atoms with Gasteiger partial charge in [0.1, 0.15) is 5.75 Å². The molecule has 0 aromatic heterocycles. The first-order chi connectivity index (χ1) is 13.7. The number of amides is 1. The third-order valence-corrected chi connectivity index (χ3v) is 5.94. The Hall–Kier alpha value is -2.85. The Morgan fingerprint density at radius 3 is 2.71 bits per heavy atom. The van der Waals surface area contributed by atoms with Crippen molar-refractivity contribution in [1.29, 1.82) is 0 Å². The number of carbonyl (C=O) groups is 1. The molecule has 1 aliphatic carbocycles. The van der Waals surface area contributed by atoms with Gasteiger partial charge in [-0.3, -0.25) is 0 Å². The lowest BCUT2D eigenvalue weighted by Gasteiger charge is -2.20. The Morgan fingerprint density at radius 1 is 0.929 bits per heavy atom. The lowest BCUT2D eigenvalue weighted by atomic mass is 9.96. The average molecular weight is 372 g/mol. The lowest BCUT2D eigenvalue weighted by molar-refractivity contribution is 0.154. The molecule has 1 heterocycles. The molecule has 1 aliphatic heterocycles. The summed E-state index contributed by atoms with van der Waals surface area (Å²) in [4.78, 5) is 16.6. The third kappa shape index (κ3) is 3.04. The van der Waals surface area contributed by atoms with Gasteiger partial charge in [-0.25, -0.2) is 4.79 Å². The molecule has 4 heteroatoms. The molecule has 142 valence electrons. The number of ether oxygens (including phenoxy) is 1. The van der Waals surface area contributed by atoms with Crippen LogP contribution < -0.4 is 4.74 Å². The molecule has 0 saturated carbocycles. The van der Waals surface area contributed by atoms with Gasteiger partial charge in [0.2, 0.25) is 0 Å². The van der Waals surface area contributed by atoms with Gasteiger partial charge in [-0.2, -0.15) is 0 Å². The summed E-state index contributed by atoms with van der Waals surface area (Å²) in [5, 5.41) is 4.87. The van der Waals surface area contributed by atoms with Crippen LogP contribution in [0.4, 0.5) is 4.79 Å². The molecular weight excluding hydrogens is 348 g/mol. The Bertz CT molecular complexity index is 1100. The van der Waals surface area contributed by atoms with Gasteiger partial charge >= 0.3 is 6.09 Å². The molecule has 0 unspecified atom stereocenters. The first-order valence-electron chi connectivity index (χ1n) is 9.99. The van der Waals surface area contributed by atoms with Gasteiger partial charge in [-0.05, 0) is 71.2 Å². The van der Waals surface area contributed by atoms with Crippen LogP contribution in [0.2, 0.25) is 0 Å². The molecule has 5 rings (SSSR count). The Labute approximate surface area is 165 Å². The third-order valence-electron chi connectivity index (χ3n) is 5.94. The van der Waals surface area contributed by atoms with E-state index in [1.165, 1.54) is 27.3 Å². The summed E-state index contributed by atoms with van der Waals surface area (Å²) in [6.45, 7) is 3.37. The van der Waals surface area contributed by atoms with E-state index in [4.69, 9.17) is 4.74 Å². The molecular formula is C24H24N2O2. The molecule has 1 fully saturated rings. The monoisotopic (exact) mass is 372 g/mol. The van der Waals surface area contributed by atoms with E-state index in [2.05, 4.69) is 54.4 Å². The number of likely N-dealkylation sites (N-methyl/N-ethyl adjacent to an activating group) is 1. The molecule has 0 atom stereocenters. The number of nitrogens with zero attached hydrogens (tertiary/aromatic N) is 2. The SMILES string of the molecule is CN1CCCN(C(=O)Oc2ccc3c(ccc4c5c(ccc43)C=CC5)c2)CC1. The van der Waals surface area contributed by atoms with E-state index in [9.17, 15) is 4.79 Å². The first kappa shape index (κ1) is 17.3. The molecule has 3 aromatic carbocycles. The topological polar surface area (TPSA) is 32.8 Å². The number of hydrogen-bond donors (Lipinski definition) is 0. The van der Waals surface area contributed by atoms with Crippen molar-refractivity contribution in [3.8, 4) is 5.75 Å². The van der Waals surface area contributed by atoms with Crippen LogP contribution in [0.3, 0.4) is 0 Å². The van der Waals surface area contributed by atoms with Gasteiger partial charge in [-0.15, -0.1) is 0 Å². The summed E-state index contributed by atoms with van der Waals surface area (Å²) >= 11 is 0. The second-order valence-corrected chi connectivity index (χ2v) is 7.80. The molecule has 2 aliphatic rings. The maximum atomic E-state index is 12.6. The van der Waals surface area contributed by atoms with Crippen molar-refractivity contribution >= 4 is 33.7 Å². The number of hydrogen-bond acceptors (Lipinski definition) is 3. The highest BCUT2D eigenvalue weighted by atomic mass is 16.6. The average Bonchev–Trinajstić information content (AvgIpc) is 3.08. The zero-order valence-corrected chi connectivity index (χ0v) is 16.1. The molecule has 3 aromatic rings. The zero-order valence-electron chi connectivity index (χ0n) is 16.1. The van der Waals surface area contributed by atoms with Crippen LogP contribution in [0.15, 0.2) is 48.5 Å². The minimum absolute atomic E-state index is 0.251. The molecule has 0 radical (unpaired) electrons. The Balaban J connectivity index is 1.43. The fraction of sp³-hybridized carbons (Fsp3) is 0.292. The first-order valence-corrected chi connectivity index (χ1v) is 9.99. The van der Waals surface area contributed by atoms with Crippen molar-refractivity contribution in [2.24, 2.45) is 0 Å². The molecule has 28 heavy (non-hydrogen) atoms. The molecule has 4 nitrogen and oxygen atoms in total. The molecule has 1 saturated heterocycles. The van der Waals surface area contributed by atoms with Crippen LogP contribution in [0.5, 0.6) is 5.75 Å². The maximum Gasteiger partial charge on any atom is 0.415 e. The quantitative estimate of drug-likeness (QED) is 0.581. The van der Waals surface area contributed by atoms with Crippen LogP contribution in [0, 0.1) is 0 Å². The highest BCUT2D eigenvalue weighted by molar-refractivity contribution is 6.09. The minimum Gasteiger partial charge on any atom is -0.410 e. The van der Waals surface area contributed by atoms with Crippen molar-refractivity contribution in [2.75, 3.05) is 33.2 Å². The second kappa shape index (κ2) is 6.95. The summed E-state index contributed by atoms with van der Waals surface area (Å²) in [5.41, 5.74) is 2.72. The fourth-order valence-electron chi connectivity index (χ4n) is 4.35. The molecule has 0 N–H and O–H groups in total. The standard InChI is InChI=1S/C24H24N2O2/c1-25-12-3-13-26(15-14-25)24(27)28-19-8-11-21-18(16-19)7-10-22-20-5-2-4-17(20)6-9-23(21)22/h2,4,6-11,16H,3,5,12-15H2,1H3. The van der Waals surface area contributed by atoms with Gasteiger partial charge < -0.3 is 14.5 Å². The van der Waals surface area contributed by atoms with E-state index in [1.54, 1.807) is 0 Å². The highest BCUT2D eigenvalue weighted by Crippen LogP contribution is 2.34. The second-order valence-electron chi connectivity index (χ2n) is 7.80. The Kier molecular flexibility index (Phi) is 4.29. The smallest absolute Gasteiger partial charge is 0.410 e. The predicted molar refractivity (Wildman–Crippen MR) is 114 cm³/mol.